The maximum absolute atomic E-state index is 11.9. The molecule has 2 heterocycles. The van der Waals surface area contributed by atoms with Crippen molar-refractivity contribution in [3.05, 3.63) is 33.5 Å². The Kier molecular flexibility index (Phi) is 4.09. The van der Waals surface area contributed by atoms with Gasteiger partial charge in [-0.3, -0.25) is 9.89 Å². The molecular weight excluding hydrogens is 248 g/mol. The summed E-state index contributed by atoms with van der Waals surface area (Å²) in [6.07, 6.45) is 3.14. The average Bonchev–Trinajstić information content (AvgIpc) is 2.94. The van der Waals surface area contributed by atoms with Crippen LogP contribution >= 0.6 is 11.3 Å². The third-order valence-electron chi connectivity index (χ3n) is 2.63. The van der Waals surface area contributed by atoms with E-state index in [-0.39, 0.29) is 5.91 Å². The maximum atomic E-state index is 11.9. The number of aromatic amines is 1. The third kappa shape index (κ3) is 3.16. The van der Waals surface area contributed by atoms with Crippen LogP contribution < -0.4 is 5.32 Å². The van der Waals surface area contributed by atoms with Gasteiger partial charge in [-0.2, -0.15) is 5.10 Å². The van der Waals surface area contributed by atoms with E-state index in [1.165, 1.54) is 11.2 Å². The Hall–Kier alpha value is -1.69. The van der Waals surface area contributed by atoms with Crippen molar-refractivity contribution in [3.8, 4) is 0 Å². The molecule has 0 bridgehead atoms. The Morgan fingerprint density at radius 1 is 1.50 bits per heavy atom. The van der Waals surface area contributed by atoms with Crippen molar-refractivity contribution in [1.29, 1.82) is 0 Å². The van der Waals surface area contributed by atoms with Crippen LogP contribution in [0.2, 0.25) is 0 Å². The average molecular weight is 264 g/mol. The third-order valence-corrected chi connectivity index (χ3v) is 3.59. The molecule has 0 radical (unpaired) electrons. The zero-order chi connectivity index (χ0) is 13.0. The van der Waals surface area contributed by atoms with Gasteiger partial charge in [0.15, 0.2) is 0 Å². The standard InChI is InChI=1S/C12H16N4OS/c1-8-6-10(9(2)18-8)12(17)13-5-3-4-11-14-7-15-16-11/h6-7H,3-5H2,1-2H3,(H,13,17)(H,14,15,16). The molecule has 2 N–H and O–H groups in total. The van der Waals surface area contributed by atoms with Gasteiger partial charge in [-0.1, -0.05) is 0 Å². The van der Waals surface area contributed by atoms with Gasteiger partial charge >= 0.3 is 0 Å². The van der Waals surface area contributed by atoms with Crippen LogP contribution in [-0.4, -0.2) is 27.6 Å². The first-order valence-electron chi connectivity index (χ1n) is 5.86. The van der Waals surface area contributed by atoms with Crippen LogP contribution in [0, 0.1) is 13.8 Å². The lowest BCUT2D eigenvalue weighted by Crippen LogP contribution is -2.25. The number of hydrogen-bond donors (Lipinski definition) is 2. The van der Waals surface area contributed by atoms with Crippen LogP contribution in [-0.2, 0) is 6.42 Å². The zero-order valence-electron chi connectivity index (χ0n) is 10.5. The van der Waals surface area contributed by atoms with E-state index >= 15 is 0 Å². The molecule has 1 amide bonds. The zero-order valence-corrected chi connectivity index (χ0v) is 11.3. The second-order valence-corrected chi connectivity index (χ2v) is 5.58. The molecule has 0 atom stereocenters. The predicted octanol–water partition coefficient (Wildman–Crippen LogP) is 1.85. The molecule has 2 rings (SSSR count). The summed E-state index contributed by atoms with van der Waals surface area (Å²) in [4.78, 5) is 18.2. The summed E-state index contributed by atoms with van der Waals surface area (Å²) in [5, 5.41) is 9.49. The second-order valence-electron chi connectivity index (χ2n) is 4.12. The van der Waals surface area contributed by atoms with E-state index in [9.17, 15) is 4.79 Å². The fourth-order valence-corrected chi connectivity index (χ4v) is 2.68. The van der Waals surface area contributed by atoms with E-state index in [1.807, 2.05) is 19.9 Å². The molecule has 0 aliphatic heterocycles. The highest BCUT2D eigenvalue weighted by Crippen LogP contribution is 2.20. The van der Waals surface area contributed by atoms with E-state index in [1.54, 1.807) is 11.3 Å². The quantitative estimate of drug-likeness (QED) is 0.810. The van der Waals surface area contributed by atoms with E-state index in [2.05, 4.69) is 20.5 Å². The molecule has 0 fully saturated rings. The van der Waals surface area contributed by atoms with Crippen molar-refractivity contribution in [3.63, 3.8) is 0 Å². The van der Waals surface area contributed by atoms with Gasteiger partial charge in [0.1, 0.15) is 12.2 Å². The fourth-order valence-electron chi connectivity index (χ4n) is 1.76. The van der Waals surface area contributed by atoms with Crippen LogP contribution in [0.4, 0.5) is 0 Å². The monoisotopic (exact) mass is 264 g/mol. The van der Waals surface area contributed by atoms with Gasteiger partial charge in [-0.15, -0.1) is 11.3 Å². The normalized spacial score (nSPS) is 10.6. The highest BCUT2D eigenvalue weighted by molar-refractivity contribution is 7.12. The van der Waals surface area contributed by atoms with Crippen LogP contribution in [0.15, 0.2) is 12.4 Å². The number of nitrogens with one attached hydrogen (secondary N) is 2. The molecule has 0 unspecified atom stereocenters. The summed E-state index contributed by atoms with van der Waals surface area (Å²) in [6.45, 7) is 4.63. The van der Waals surface area contributed by atoms with Crippen LogP contribution in [0.1, 0.15) is 32.4 Å². The summed E-state index contributed by atoms with van der Waals surface area (Å²) >= 11 is 1.65. The maximum Gasteiger partial charge on any atom is 0.252 e. The number of thiophene rings is 1. The molecule has 5 nitrogen and oxygen atoms in total. The van der Waals surface area contributed by atoms with E-state index < -0.39 is 0 Å². The fraction of sp³-hybridized carbons (Fsp3) is 0.417. The van der Waals surface area contributed by atoms with Crippen molar-refractivity contribution < 1.29 is 4.79 Å². The number of rotatable bonds is 5. The predicted molar refractivity (Wildman–Crippen MR) is 70.8 cm³/mol. The summed E-state index contributed by atoms with van der Waals surface area (Å²) < 4.78 is 0. The van der Waals surface area contributed by atoms with Gasteiger partial charge in [-0.05, 0) is 26.3 Å². The molecule has 0 aliphatic rings. The minimum atomic E-state index is 0.00872. The highest BCUT2D eigenvalue weighted by Gasteiger charge is 2.10. The number of hydrogen-bond acceptors (Lipinski definition) is 4. The van der Waals surface area contributed by atoms with Crippen molar-refractivity contribution in [2.75, 3.05) is 6.54 Å². The SMILES string of the molecule is Cc1cc(C(=O)NCCCc2ncn[nH]2)c(C)s1. The van der Waals surface area contributed by atoms with Crippen molar-refractivity contribution in [2.24, 2.45) is 0 Å². The van der Waals surface area contributed by atoms with E-state index in [0.717, 1.165) is 29.1 Å². The molecule has 2 aromatic heterocycles. The first kappa shape index (κ1) is 12.8. The number of nitrogens with zero attached hydrogens (tertiary/aromatic N) is 2. The van der Waals surface area contributed by atoms with Gasteiger partial charge in [0.05, 0.1) is 5.56 Å². The number of aryl methyl sites for hydroxylation is 3. The van der Waals surface area contributed by atoms with Crippen LogP contribution in [0.5, 0.6) is 0 Å². The molecule has 0 aromatic carbocycles. The Bertz CT molecular complexity index is 518. The summed E-state index contributed by atoms with van der Waals surface area (Å²) in [6, 6.07) is 1.94. The number of amides is 1. The van der Waals surface area contributed by atoms with E-state index in [0.29, 0.717) is 6.54 Å². The minimum Gasteiger partial charge on any atom is -0.352 e. The number of aromatic nitrogens is 3. The molecule has 96 valence electrons. The highest BCUT2D eigenvalue weighted by atomic mass is 32.1. The van der Waals surface area contributed by atoms with Crippen LogP contribution in [0.3, 0.4) is 0 Å². The number of carbonyl (C=O) groups is 1. The topological polar surface area (TPSA) is 70.7 Å². The Morgan fingerprint density at radius 3 is 2.94 bits per heavy atom. The van der Waals surface area contributed by atoms with Crippen LogP contribution in [0.25, 0.3) is 0 Å². The second kappa shape index (κ2) is 5.77. The van der Waals surface area contributed by atoms with Crippen molar-refractivity contribution in [1.82, 2.24) is 20.5 Å². The molecule has 18 heavy (non-hydrogen) atoms. The summed E-state index contributed by atoms with van der Waals surface area (Å²) in [5.41, 5.74) is 0.789. The Balaban J connectivity index is 1.77. The van der Waals surface area contributed by atoms with Gasteiger partial charge in [0, 0.05) is 22.7 Å². The van der Waals surface area contributed by atoms with Gasteiger partial charge in [0.25, 0.3) is 5.91 Å². The lowest BCUT2D eigenvalue weighted by atomic mass is 10.2. The lowest BCUT2D eigenvalue weighted by molar-refractivity contribution is 0.0953. The Labute approximate surface area is 110 Å². The molecule has 0 saturated heterocycles. The minimum absolute atomic E-state index is 0.00872. The number of carbonyl (C=O) groups excluding carboxylic acids is 1. The summed E-state index contributed by atoms with van der Waals surface area (Å²) in [7, 11) is 0. The molecule has 0 spiro atoms. The van der Waals surface area contributed by atoms with Gasteiger partial charge < -0.3 is 5.32 Å². The van der Waals surface area contributed by atoms with Crippen molar-refractivity contribution in [2.45, 2.75) is 26.7 Å². The molecule has 0 saturated carbocycles. The smallest absolute Gasteiger partial charge is 0.252 e. The molecular formula is C12H16N4OS. The van der Waals surface area contributed by atoms with Gasteiger partial charge in [0.2, 0.25) is 0 Å². The summed E-state index contributed by atoms with van der Waals surface area (Å²) in [5.74, 6) is 0.862. The molecule has 6 heteroatoms. The van der Waals surface area contributed by atoms with Gasteiger partial charge in [-0.25, -0.2) is 4.98 Å². The Morgan fingerprint density at radius 2 is 2.33 bits per heavy atom. The van der Waals surface area contributed by atoms with E-state index in [4.69, 9.17) is 0 Å². The first-order valence-corrected chi connectivity index (χ1v) is 6.68. The molecule has 2 aromatic rings. The lowest BCUT2D eigenvalue weighted by Gasteiger charge is -2.03. The first-order chi connectivity index (χ1) is 8.66. The molecule has 0 aliphatic carbocycles. The van der Waals surface area contributed by atoms with Crippen molar-refractivity contribution >= 4 is 17.2 Å². The largest absolute Gasteiger partial charge is 0.352 e. The number of H-pyrrole nitrogens is 1.